The lowest BCUT2D eigenvalue weighted by atomic mass is 10.2. The minimum absolute atomic E-state index is 0.000402. The van der Waals surface area contributed by atoms with E-state index in [1.54, 1.807) is 18.3 Å². The summed E-state index contributed by atoms with van der Waals surface area (Å²) in [5.41, 5.74) is 1.40. The number of halogens is 2. The maximum Gasteiger partial charge on any atom is 0.285 e. The van der Waals surface area contributed by atoms with E-state index in [0.717, 1.165) is 12.1 Å². The molecule has 0 aliphatic heterocycles. The molecule has 0 radical (unpaired) electrons. The zero-order valence-electron chi connectivity index (χ0n) is 9.96. The minimum Gasteiger partial charge on any atom is -0.258 e. The molecular formula is C11H10Br2N4O2. The first-order valence-electron chi connectivity index (χ1n) is 5.53. The summed E-state index contributed by atoms with van der Waals surface area (Å²) in [5, 5.41) is 18.9. The van der Waals surface area contributed by atoms with E-state index in [9.17, 15) is 10.1 Å². The van der Waals surface area contributed by atoms with Gasteiger partial charge in [-0.1, -0.05) is 28.1 Å². The van der Waals surface area contributed by atoms with Gasteiger partial charge in [-0.3, -0.25) is 10.1 Å². The first kappa shape index (κ1) is 14.1. The van der Waals surface area contributed by atoms with Crippen molar-refractivity contribution in [2.45, 2.75) is 18.2 Å². The molecule has 1 atom stereocenters. The largest absolute Gasteiger partial charge is 0.285 e. The van der Waals surface area contributed by atoms with Crippen LogP contribution in [0.1, 0.15) is 23.9 Å². The molecule has 1 heterocycles. The van der Waals surface area contributed by atoms with E-state index in [1.807, 2.05) is 6.92 Å². The summed E-state index contributed by atoms with van der Waals surface area (Å²) < 4.78 is 1.96. The zero-order chi connectivity index (χ0) is 14.0. The molecule has 0 saturated carbocycles. The molecule has 6 nitrogen and oxygen atoms in total. The summed E-state index contributed by atoms with van der Waals surface area (Å²) in [6.07, 6.45) is 2.65. The fraction of sp³-hybridized carbons (Fsp3) is 0.273. The molecule has 0 saturated heterocycles. The summed E-state index contributed by atoms with van der Waals surface area (Å²) in [7, 11) is 0. The maximum atomic E-state index is 10.9. The predicted molar refractivity (Wildman–Crippen MR) is 77.7 cm³/mol. The molecule has 1 aromatic heterocycles. The lowest BCUT2D eigenvalue weighted by molar-refractivity contribution is -0.385. The van der Waals surface area contributed by atoms with Gasteiger partial charge in [0.25, 0.3) is 5.69 Å². The first-order chi connectivity index (χ1) is 9.02. The molecule has 2 aromatic rings. The van der Waals surface area contributed by atoms with Gasteiger partial charge in [-0.15, -0.1) is 5.10 Å². The van der Waals surface area contributed by atoms with Crippen LogP contribution in [0.15, 0.2) is 28.9 Å². The quantitative estimate of drug-likeness (QED) is 0.453. The van der Waals surface area contributed by atoms with E-state index in [1.165, 1.54) is 10.7 Å². The van der Waals surface area contributed by atoms with E-state index < -0.39 is 4.92 Å². The molecule has 0 amide bonds. The lowest BCUT2D eigenvalue weighted by Gasteiger charge is -2.02. The Hall–Kier alpha value is -1.28. The number of hydrogen-bond acceptors (Lipinski definition) is 4. The van der Waals surface area contributed by atoms with Gasteiger partial charge in [0.05, 0.1) is 31.8 Å². The number of alkyl halides is 1. The number of nitro benzene ring substituents is 1. The van der Waals surface area contributed by atoms with E-state index in [2.05, 4.69) is 42.2 Å². The maximum absolute atomic E-state index is 10.9. The topological polar surface area (TPSA) is 73.8 Å². The van der Waals surface area contributed by atoms with Gasteiger partial charge in [0.1, 0.15) is 0 Å². The molecule has 0 aliphatic carbocycles. The number of nitro groups is 1. The molecule has 0 spiro atoms. The summed E-state index contributed by atoms with van der Waals surface area (Å²) in [6.45, 7) is 2.03. The molecule has 0 N–H and O–H groups in total. The molecule has 0 aliphatic rings. The predicted octanol–water partition coefficient (Wildman–Crippen LogP) is 3.78. The number of rotatable bonds is 4. The summed E-state index contributed by atoms with van der Waals surface area (Å²) in [4.78, 5) is 10.6. The lowest BCUT2D eigenvalue weighted by Crippen LogP contribution is -1.97. The highest BCUT2D eigenvalue weighted by Crippen LogP contribution is 2.28. The van der Waals surface area contributed by atoms with Crippen molar-refractivity contribution in [1.82, 2.24) is 15.0 Å². The summed E-state index contributed by atoms with van der Waals surface area (Å²) >= 11 is 6.64. The SMILES string of the molecule is CCC(Br)c1cn(-c2ccc(Br)c([N+](=O)[O-])c2)nn1. The minimum atomic E-state index is -0.440. The Morgan fingerprint density at radius 1 is 1.53 bits per heavy atom. The highest BCUT2D eigenvalue weighted by atomic mass is 79.9. The van der Waals surface area contributed by atoms with Crippen molar-refractivity contribution in [3.8, 4) is 5.69 Å². The van der Waals surface area contributed by atoms with Crippen molar-refractivity contribution in [3.63, 3.8) is 0 Å². The highest BCUT2D eigenvalue weighted by molar-refractivity contribution is 9.10. The Balaban J connectivity index is 2.39. The fourth-order valence-corrected chi connectivity index (χ4v) is 2.14. The molecule has 8 heteroatoms. The Morgan fingerprint density at radius 3 is 2.89 bits per heavy atom. The fourth-order valence-electron chi connectivity index (χ4n) is 1.54. The monoisotopic (exact) mass is 388 g/mol. The molecule has 1 aromatic carbocycles. The number of hydrogen-bond donors (Lipinski definition) is 0. The van der Waals surface area contributed by atoms with Gasteiger partial charge in [-0.25, -0.2) is 4.68 Å². The molecular weight excluding hydrogens is 380 g/mol. The second-order valence-corrected chi connectivity index (χ2v) is 5.82. The normalized spacial score (nSPS) is 12.4. The third-order valence-electron chi connectivity index (χ3n) is 2.58. The molecule has 1 unspecified atom stereocenters. The van der Waals surface area contributed by atoms with Gasteiger partial charge in [0, 0.05) is 6.07 Å². The molecule has 100 valence electrons. The van der Waals surface area contributed by atoms with E-state index in [-0.39, 0.29) is 10.5 Å². The van der Waals surface area contributed by atoms with Crippen LogP contribution in [-0.4, -0.2) is 19.9 Å². The van der Waals surface area contributed by atoms with Gasteiger partial charge in [0.2, 0.25) is 0 Å². The average Bonchev–Trinajstić information content (AvgIpc) is 2.87. The van der Waals surface area contributed by atoms with E-state index in [0.29, 0.717) is 10.2 Å². The third-order valence-corrected chi connectivity index (χ3v) is 4.37. The van der Waals surface area contributed by atoms with Gasteiger partial charge >= 0.3 is 0 Å². The van der Waals surface area contributed by atoms with Crippen LogP contribution in [0.5, 0.6) is 0 Å². The summed E-state index contributed by atoms with van der Waals surface area (Å²) in [6, 6.07) is 4.82. The molecule has 0 fully saturated rings. The number of benzene rings is 1. The average molecular weight is 390 g/mol. The van der Waals surface area contributed by atoms with Crippen LogP contribution < -0.4 is 0 Å². The van der Waals surface area contributed by atoms with Gasteiger partial charge in [0.15, 0.2) is 0 Å². The molecule has 19 heavy (non-hydrogen) atoms. The van der Waals surface area contributed by atoms with Crippen molar-refractivity contribution >= 4 is 37.5 Å². The van der Waals surface area contributed by atoms with Crippen molar-refractivity contribution < 1.29 is 4.92 Å². The van der Waals surface area contributed by atoms with Crippen molar-refractivity contribution in [2.75, 3.05) is 0 Å². The van der Waals surface area contributed by atoms with Crippen LogP contribution in [0, 0.1) is 10.1 Å². The van der Waals surface area contributed by atoms with Crippen LogP contribution in [-0.2, 0) is 0 Å². The zero-order valence-corrected chi connectivity index (χ0v) is 13.1. The van der Waals surface area contributed by atoms with Crippen molar-refractivity contribution in [2.24, 2.45) is 0 Å². The van der Waals surface area contributed by atoms with Crippen LogP contribution in [0.25, 0.3) is 5.69 Å². The van der Waals surface area contributed by atoms with Crippen LogP contribution >= 0.6 is 31.9 Å². The second-order valence-electron chi connectivity index (χ2n) is 3.86. The van der Waals surface area contributed by atoms with Gasteiger partial charge < -0.3 is 0 Å². The van der Waals surface area contributed by atoms with Crippen LogP contribution in [0.3, 0.4) is 0 Å². The third kappa shape index (κ3) is 3.01. The van der Waals surface area contributed by atoms with Crippen LogP contribution in [0.4, 0.5) is 5.69 Å². The van der Waals surface area contributed by atoms with Gasteiger partial charge in [-0.05, 0) is 34.5 Å². The van der Waals surface area contributed by atoms with E-state index >= 15 is 0 Å². The summed E-state index contributed by atoms with van der Waals surface area (Å²) in [5.74, 6) is 0. The first-order valence-corrected chi connectivity index (χ1v) is 7.24. The van der Waals surface area contributed by atoms with Crippen molar-refractivity contribution in [1.29, 1.82) is 0 Å². The van der Waals surface area contributed by atoms with Crippen molar-refractivity contribution in [3.05, 3.63) is 44.7 Å². The van der Waals surface area contributed by atoms with E-state index in [4.69, 9.17) is 0 Å². The number of aromatic nitrogens is 3. The Morgan fingerprint density at radius 2 is 2.26 bits per heavy atom. The Bertz CT molecular complexity index is 614. The Kier molecular flexibility index (Phi) is 4.31. The number of nitrogens with zero attached hydrogens (tertiary/aromatic N) is 4. The molecule has 0 bridgehead atoms. The smallest absolute Gasteiger partial charge is 0.258 e. The van der Waals surface area contributed by atoms with Gasteiger partial charge in [-0.2, -0.15) is 0 Å². The second kappa shape index (κ2) is 5.79. The van der Waals surface area contributed by atoms with Crippen LogP contribution in [0.2, 0.25) is 0 Å². The highest BCUT2D eigenvalue weighted by Gasteiger charge is 2.15. The standard InChI is InChI=1S/C11H10Br2N4O2/c1-2-8(12)10-6-16(15-14-10)7-3-4-9(13)11(5-7)17(18)19/h3-6,8H,2H2,1H3. The Labute approximate surface area is 126 Å². The molecule has 2 rings (SSSR count).